The van der Waals surface area contributed by atoms with E-state index in [-0.39, 0.29) is 18.7 Å². The van der Waals surface area contributed by atoms with E-state index in [9.17, 15) is 9.90 Å². The van der Waals surface area contributed by atoms with Crippen LogP contribution in [0.2, 0.25) is 0 Å². The molecule has 1 aliphatic rings. The molecule has 2 aromatic heterocycles. The van der Waals surface area contributed by atoms with Crippen LogP contribution in [0.3, 0.4) is 0 Å². The van der Waals surface area contributed by atoms with Crippen LogP contribution in [0.4, 0.5) is 11.5 Å². The largest absolute Gasteiger partial charge is 0.493 e. The van der Waals surface area contributed by atoms with Crippen LogP contribution in [0.1, 0.15) is 37.8 Å². The number of hydrogen-bond acceptors (Lipinski definition) is 10. The number of aryl methyl sites for hydroxylation is 1. The number of nitrogens with zero attached hydrogens (tertiary/aromatic N) is 4. The molecule has 4 aromatic rings. The lowest BCUT2D eigenvalue weighted by molar-refractivity contribution is -0.127. The summed E-state index contributed by atoms with van der Waals surface area (Å²) in [5.41, 5.74) is 7.68. The topological polar surface area (TPSA) is 160 Å². The summed E-state index contributed by atoms with van der Waals surface area (Å²) in [6.07, 6.45) is 5.82. The van der Waals surface area contributed by atoms with Gasteiger partial charge in [0.1, 0.15) is 35.2 Å². The van der Waals surface area contributed by atoms with Crippen LogP contribution in [0.15, 0.2) is 66.6 Å². The van der Waals surface area contributed by atoms with Gasteiger partial charge in [0, 0.05) is 60.9 Å². The van der Waals surface area contributed by atoms with E-state index in [1.165, 1.54) is 12.4 Å². The smallest absolute Gasteiger partial charge is 0.245 e. The van der Waals surface area contributed by atoms with Gasteiger partial charge in [-0.1, -0.05) is 6.58 Å². The highest BCUT2D eigenvalue weighted by molar-refractivity contribution is 5.93. The zero-order valence-corrected chi connectivity index (χ0v) is 26.0. The van der Waals surface area contributed by atoms with Crippen molar-refractivity contribution in [3.05, 3.63) is 78.2 Å². The number of pyridine rings is 1. The van der Waals surface area contributed by atoms with Crippen LogP contribution in [0.5, 0.6) is 23.0 Å². The number of amides is 1. The Bertz CT molecular complexity index is 1770. The van der Waals surface area contributed by atoms with Gasteiger partial charge in [-0.05, 0) is 56.7 Å². The van der Waals surface area contributed by atoms with Gasteiger partial charge in [0.2, 0.25) is 5.91 Å². The molecule has 1 fully saturated rings. The van der Waals surface area contributed by atoms with Crippen LogP contribution in [-0.4, -0.2) is 63.8 Å². The Hall–Kier alpha value is -4.94. The maximum atomic E-state index is 12.0. The standard InChI is InChI=1S/C33H39N7O5/c1-6-31(41)40-11-8-21(9-12-40)44-29-15-23-25(17-28(29)43-5)37-19-38-32(23)39-26-13-20(2)27(16-24(26)33(3,4)42)45-22-7-10-35-30(14-22)36-18-34/h6-7,10,13-17,19,21,42H,1,8-9,11-12,18,34H2,2-5H3,(H,35,36)(H,37,38,39). The van der Waals surface area contributed by atoms with E-state index in [2.05, 4.69) is 31.8 Å². The maximum absolute atomic E-state index is 12.0. The second-order valence-corrected chi connectivity index (χ2v) is 11.3. The van der Waals surface area contributed by atoms with Gasteiger partial charge in [0.05, 0.1) is 24.9 Å². The van der Waals surface area contributed by atoms with E-state index in [4.69, 9.17) is 19.9 Å². The number of carbonyl (C=O) groups is 1. The number of rotatable bonds is 10. The first-order valence-corrected chi connectivity index (χ1v) is 14.7. The van der Waals surface area contributed by atoms with Crippen LogP contribution in [-0.2, 0) is 10.4 Å². The molecule has 1 saturated heterocycles. The molecule has 2 aromatic carbocycles. The molecule has 236 valence electrons. The zero-order valence-electron chi connectivity index (χ0n) is 26.0. The molecule has 5 N–H and O–H groups in total. The highest BCUT2D eigenvalue weighted by atomic mass is 16.5. The van der Waals surface area contributed by atoms with Gasteiger partial charge in [0.25, 0.3) is 0 Å². The van der Waals surface area contributed by atoms with E-state index >= 15 is 0 Å². The van der Waals surface area contributed by atoms with Crippen molar-refractivity contribution in [2.75, 3.05) is 32.2 Å². The van der Waals surface area contributed by atoms with Crippen molar-refractivity contribution in [3.63, 3.8) is 0 Å². The highest BCUT2D eigenvalue weighted by Gasteiger charge is 2.26. The summed E-state index contributed by atoms with van der Waals surface area (Å²) in [7, 11) is 1.59. The number of likely N-dealkylation sites (tertiary alicyclic amines) is 1. The van der Waals surface area contributed by atoms with Crippen molar-refractivity contribution in [2.24, 2.45) is 10.7 Å². The lowest BCUT2D eigenvalue weighted by Gasteiger charge is -2.31. The first kappa shape index (κ1) is 31.5. The second kappa shape index (κ2) is 13.4. The number of aliphatic hydroxyl groups is 1. The minimum atomic E-state index is -1.22. The summed E-state index contributed by atoms with van der Waals surface area (Å²) in [4.78, 5) is 30.0. The normalized spacial score (nSPS) is 14.4. The first-order valence-electron chi connectivity index (χ1n) is 14.7. The molecular weight excluding hydrogens is 574 g/mol. The second-order valence-electron chi connectivity index (χ2n) is 11.3. The molecule has 12 heteroatoms. The number of H-pyrrole nitrogens is 1. The Kier molecular flexibility index (Phi) is 9.35. The minimum Gasteiger partial charge on any atom is -0.493 e. The summed E-state index contributed by atoms with van der Waals surface area (Å²) in [6.45, 7) is 10.3. The molecular formula is C33H39N7O5. The van der Waals surface area contributed by atoms with E-state index in [0.717, 1.165) is 5.56 Å². The Morgan fingerprint density at radius 1 is 1.20 bits per heavy atom. The third-order valence-electron chi connectivity index (χ3n) is 7.62. The fraction of sp³-hybridized carbons (Fsp3) is 0.333. The number of aromatic amines is 1. The first-order chi connectivity index (χ1) is 21.6. The molecule has 45 heavy (non-hydrogen) atoms. The van der Waals surface area contributed by atoms with Gasteiger partial charge in [0.15, 0.2) is 11.5 Å². The Labute approximate surface area is 261 Å². The number of benzene rings is 2. The quantitative estimate of drug-likeness (QED) is 0.190. The highest BCUT2D eigenvalue weighted by Crippen LogP contribution is 2.40. The van der Waals surface area contributed by atoms with E-state index in [1.54, 1.807) is 44.2 Å². The molecule has 3 heterocycles. The third kappa shape index (κ3) is 7.24. The fourth-order valence-electron chi connectivity index (χ4n) is 5.27. The van der Waals surface area contributed by atoms with Crippen molar-refractivity contribution < 1.29 is 24.1 Å². The molecule has 0 bridgehead atoms. The van der Waals surface area contributed by atoms with Crippen molar-refractivity contribution >= 4 is 28.3 Å². The van der Waals surface area contributed by atoms with E-state index in [1.807, 2.05) is 31.2 Å². The number of nitrogens with two attached hydrogens (primary N) is 1. The van der Waals surface area contributed by atoms with E-state index < -0.39 is 5.60 Å². The van der Waals surface area contributed by atoms with Gasteiger partial charge in [-0.25, -0.2) is 9.97 Å². The third-order valence-corrected chi connectivity index (χ3v) is 7.62. The molecule has 1 amide bonds. The van der Waals surface area contributed by atoms with E-state index in [0.29, 0.717) is 82.4 Å². The van der Waals surface area contributed by atoms with Gasteiger partial charge >= 0.3 is 0 Å². The molecule has 0 atom stereocenters. The average Bonchev–Trinajstić information content (AvgIpc) is 3.02. The SMILES string of the molecule is C=CC(=O)N1CCC(Oc2cc3c(Nc4cc(C)c(Oc5cc[nH]/c(=N\CN)c5)cc4C(C)(C)O)ncnc3cc2OC)CC1. The molecule has 0 radical (unpaired) electrons. The Morgan fingerprint density at radius 2 is 1.98 bits per heavy atom. The van der Waals surface area contributed by atoms with Gasteiger partial charge in [-0.3, -0.25) is 9.79 Å². The Balaban J connectivity index is 1.47. The number of anilines is 2. The van der Waals surface area contributed by atoms with Crippen molar-refractivity contribution in [1.29, 1.82) is 0 Å². The Morgan fingerprint density at radius 3 is 2.67 bits per heavy atom. The predicted molar refractivity (Wildman–Crippen MR) is 172 cm³/mol. The average molecular weight is 614 g/mol. The summed E-state index contributed by atoms with van der Waals surface area (Å²) in [6, 6.07) is 11.0. The van der Waals surface area contributed by atoms with Crippen molar-refractivity contribution in [2.45, 2.75) is 45.3 Å². The molecule has 5 rings (SSSR count). The lowest BCUT2D eigenvalue weighted by Crippen LogP contribution is -2.41. The summed E-state index contributed by atoms with van der Waals surface area (Å²) in [5.74, 6) is 2.72. The summed E-state index contributed by atoms with van der Waals surface area (Å²) in [5, 5.41) is 15.3. The van der Waals surface area contributed by atoms with Gasteiger partial charge < -0.3 is 40.3 Å². The number of ether oxygens (including phenoxy) is 3. The zero-order chi connectivity index (χ0) is 32.1. The van der Waals surface area contributed by atoms with Gasteiger partial charge in [-0.15, -0.1) is 0 Å². The maximum Gasteiger partial charge on any atom is 0.245 e. The monoisotopic (exact) mass is 613 g/mol. The predicted octanol–water partition coefficient (Wildman–Crippen LogP) is 4.41. The van der Waals surface area contributed by atoms with Crippen molar-refractivity contribution in [1.82, 2.24) is 19.9 Å². The minimum absolute atomic E-state index is 0.0730. The molecule has 0 unspecified atom stereocenters. The molecule has 1 aliphatic heterocycles. The van der Waals surface area contributed by atoms with Crippen LogP contribution >= 0.6 is 0 Å². The summed E-state index contributed by atoms with van der Waals surface area (Å²) < 4.78 is 18.3. The molecule has 0 saturated carbocycles. The number of nitrogens with one attached hydrogen (secondary N) is 2. The lowest BCUT2D eigenvalue weighted by atomic mass is 9.94. The molecule has 12 nitrogen and oxygen atoms in total. The molecule has 0 aliphatic carbocycles. The van der Waals surface area contributed by atoms with Crippen molar-refractivity contribution in [3.8, 4) is 23.0 Å². The fourth-order valence-corrected chi connectivity index (χ4v) is 5.27. The van der Waals surface area contributed by atoms with Gasteiger partial charge in [-0.2, -0.15) is 0 Å². The van der Waals surface area contributed by atoms with Crippen LogP contribution in [0.25, 0.3) is 10.9 Å². The molecule has 0 spiro atoms. The van der Waals surface area contributed by atoms with Crippen LogP contribution < -0.4 is 30.7 Å². The number of piperidine rings is 1. The number of aromatic nitrogens is 3. The number of carbonyl (C=O) groups excluding carboxylic acids is 1. The summed E-state index contributed by atoms with van der Waals surface area (Å²) >= 11 is 0. The number of methoxy groups -OCH3 is 1. The number of fused-ring (bicyclic) bond motifs is 1. The van der Waals surface area contributed by atoms with Crippen LogP contribution in [0, 0.1) is 6.92 Å². The number of hydrogen-bond donors (Lipinski definition) is 4.